The van der Waals surface area contributed by atoms with Crippen LogP contribution in [-0.4, -0.2) is 18.0 Å². The van der Waals surface area contributed by atoms with Gasteiger partial charge in [0.2, 0.25) is 0 Å². The molecule has 0 aromatic heterocycles. The molecular formula is C28H57N. The second kappa shape index (κ2) is 25.6. The summed E-state index contributed by atoms with van der Waals surface area (Å²) in [7, 11) is 0. The zero-order chi connectivity index (χ0) is 21.3. The smallest absolute Gasteiger partial charge is 0.0172 e. The highest BCUT2D eigenvalue weighted by Crippen LogP contribution is 2.12. The molecule has 0 unspecified atom stereocenters. The van der Waals surface area contributed by atoms with Crippen molar-refractivity contribution < 1.29 is 0 Å². The Kier molecular flexibility index (Phi) is 25.2. The second-order valence-corrected chi connectivity index (χ2v) is 9.22. The van der Waals surface area contributed by atoms with Gasteiger partial charge in [0.05, 0.1) is 0 Å². The van der Waals surface area contributed by atoms with Crippen molar-refractivity contribution in [3.8, 4) is 0 Å². The number of allylic oxidation sites excluding steroid dienone is 1. The molecule has 0 aliphatic rings. The van der Waals surface area contributed by atoms with Crippen LogP contribution in [0.2, 0.25) is 0 Å². The van der Waals surface area contributed by atoms with Crippen LogP contribution in [0.25, 0.3) is 0 Å². The van der Waals surface area contributed by atoms with Crippen LogP contribution in [0.3, 0.4) is 0 Å². The van der Waals surface area contributed by atoms with Crippen molar-refractivity contribution in [1.82, 2.24) is 4.90 Å². The standard InChI is InChI=1S/C28H57N/c1-4-7-10-13-16-17-18-19-22-25-28-29(26-23-20-14-11-8-5-2)27-24-21-15-12-9-6-3/h23,26H,4-22,24-25,27-28H2,1-3H3. The van der Waals surface area contributed by atoms with E-state index in [4.69, 9.17) is 0 Å². The molecule has 0 rings (SSSR count). The zero-order valence-corrected chi connectivity index (χ0v) is 20.9. The van der Waals surface area contributed by atoms with E-state index in [0.29, 0.717) is 0 Å². The van der Waals surface area contributed by atoms with Crippen LogP contribution in [0.5, 0.6) is 0 Å². The SMILES string of the molecule is CCCCCCC=CN(CCCCCCCC)CCCCCCCCCCCC. The minimum absolute atomic E-state index is 1.27. The Morgan fingerprint density at radius 1 is 0.414 bits per heavy atom. The van der Waals surface area contributed by atoms with Crippen LogP contribution in [0.4, 0.5) is 0 Å². The summed E-state index contributed by atoms with van der Waals surface area (Å²) in [4.78, 5) is 2.63. The van der Waals surface area contributed by atoms with E-state index >= 15 is 0 Å². The molecular weight excluding hydrogens is 350 g/mol. The van der Waals surface area contributed by atoms with Gasteiger partial charge in [-0.3, -0.25) is 0 Å². The molecule has 0 saturated carbocycles. The topological polar surface area (TPSA) is 3.24 Å². The molecule has 0 heterocycles. The van der Waals surface area contributed by atoms with Gasteiger partial charge in [0, 0.05) is 13.1 Å². The Labute approximate surface area is 186 Å². The maximum atomic E-state index is 2.63. The number of unbranched alkanes of at least 4 members (excludes halogenated alkanes) is 18. The van der Waals surface area contributed by atoms with E-state index in [-0.39, 0.29) is 0 Å². The number of hydrogen-bond acceptors (Lipinski definition) is 1. The summed E-state index contributed by atoms with van der Waals surface area (Å²) in [5.74, 6) is 0. The van der Waals surface area contributed by atoms with Crippen LogP contribution >= 0.6 is 0 Å². The van der Waals surface area contributed by atoms with Crippen LogP contribution in [-0.2, 0) is 0 Å². The Hall–Kier alpha value is -0.460. The van der Waals surface area contributed by atoms with Gasteiger partial charge < -0.3 is 4.90 Å². The van der Waals surface area contributed by atoms with Crippen LogP contribution in [0.15, 0.2) is 12.3 Å². The molecule has 0 aliphatic carbocycles. The van der Waals surface area contributed by atoms with Crippen LogP contribution in [0.1, 0.15) is 156 Å². The van der Waals surface area contributed by atoms with Crippen molar-refractivity contribution in [3.63, 3.8) is 0 Å². The van der Waals surface area contributed by atoms with E-state index in [9.17, 15) is 0 Å². The van der Waals surface area contributed by atoms with Crippen molar-refractivity contribution >= 4 is 0 Å². The highest BCUT2D eigenvalue weighted by molar-refractivity contribution is 4.82. The van der Waals surface area contributed by atoms with E-state index in [2.05, 4.69) is 37.9 Å². The van der Waals surface area contributed by atoms with Gasteiger partial charge in [-0.05, 0) is 31.9 Å². The fraction of sp³-hybridized carbons (Fsp3) is 0.929. The maximum Gasteiger partial charge on any atom is 0.0172 e. The third kappa shape index (κ3) is 23.7. The highest BCUT2D eigenvalue weighted by atomic mass is 15.1. The molecule has 0 radical (unpaired) electrons. The second-order valence-electron chi connectivity index (χ2n) is 9.22. The van der Waals surface area contributed by atoms with Crippen molar-refractivity contribution in [1.29, 1.82) is 0 Å². The Balaban J connectivity index is 3.84. The van der Waals surface area contributed by atoms with Gasteiger partial charge in [-0.2, -0.15) is 0 Å². The fourth-order valence-electron chi connectivity index (χ4n) is 4.07. The van der Waals surface area contributed by atoms with E-state index in [0.717, 1.165) is 0 Å². The summed E-state index contributed by atoms with van der Waals surface area (Å²) in [5, 5.41) is 0. The van der Waals surface area contributed by atoms with Gasteiger partial charge in [-0.1, -0.05) is 136 Å². The molecule has 29 heavy (non-hydrogen) atoms. The number of nitrogens with zero attached hydrogens (tertiary/aromatic N) is 1. The molecule has 0 atom stereocenters. The molecule has 0 aromatic carbocycles. The van der Waals surface area contributed by atoms with E-state index in [1.807, 2.05) is 0 Å². The lowest BCUT2D eigenvalue weighted by atomic mass is 10.1. The normalized spacial score (nSPS) is 11.6. The van der Waals surface area contributed by atoms with Gasteiger partial charge >= 0.3 is 0 Å². The van der Waals surface area contributed by atoms with Crippen LogP contribution < -0.4 is 0 Å². The molecule has 0 N–H and O–H groups in total. The highest BCUT2D eigenvalue weighted by Gasteiger charge is 2.00. The minimum Gasteiger partial charge on any atom is -0.378 e. The third-order valence-corrected chi connectivity index (χ3v) is 6.14. The fourth-order valence-corrected chi connectivity index (χ4v) is 4.07. The lowest BCUT2D eigenvalue weighted by Crippen LogP contribution is -2.20. The molecule has 0 bridgehead atoms. The monoisotopic (exact) mass is 407 g/mol. The van der Waals surface area contributed by atoms with Crippen molar-refractivity contribution in [2.45, 2.75) is 156 Å². The largest absolute Gasteiger partial charge is 0.378 e. The lowest BCUT2D eigenvalue weighted by Gasteiger charge is -2.20. The summed E-state index contributed by atoms with van der Waals surface area (Å²) in [5.41, 5.74) is 0. The van der Waals surface area contributed by atoms with Gasteiger partial charge in [0.25, 0.3) is 0 Å². The van der Waals surface area contributed by atoms with Gasteiger partial charge in [0.1, 0.15) is 0 Å². The van der Waals surface area contributed by atoms with Crippen molar-refractivity contribution in [2.75, 3.05) is 13.1 Å². The quantitative estimate of drug-likeness (QED) is 0.144. The Morgan fingerprint density at radius 2 is 0.759 bits per heavy atom. The summed E-state index contributed by atoms with van der Waals surface area (Å²) in [6.07, 6.45) is 34.4. The summed E-state index contributed by atoms with van der Waals surface area (Å²) >= 11 is 0. The maximum absolute atomic E-state index is 2.63. The minimum atomic E-state index is 1.27. The van der Waals surface area contributed by atoms with Gasteiger partial charge in [0.15, 0.2) is 0 Å². The molecule has 0 amide bonds. The van der Waals surface area contributed by atoms with Gasteiger partial charge in [-0.25, -0.2) is 0 Å². The molecule has 174 valence electrons. The molecule has 0 aliphatic heterocycles. The molecule has 1 heteroatoms. The van der Waals surface area contributed by atoms with E-state index in [1.165, 1.54) is 148 Å². The Bertz CT molecular complexity index is 309. The molecule has 0 spiro atoms. The average Bonchev–Trinajstić information content (AvgIpc) is 2.73. The summed E-state index contributed by atoms with van der Waals surface area (Å²) < 4.78 is 0. The lowest BCUT2D eigenvalue weighted by molar-refractivity contribution is 0.348. The molecule has 1 nitrogen and oxygen atoms in total. The molecule has 0 aromatic rings. The molecule has 0 fully saturated rings. The summed E-state index contributed by atoms with van der Waals surface area (Å²) in [6.45, 7) is 9.45. The average molecular weight is 408 g/mol. The first kappa shape index (κ1) is 28.5. The first-order valence-electron chi connectivity index (χ1n) is 13.8. The van der Waals surface area contributed by atoms with Crippen molar-refractivity contribution in [3.05, 3.63) is 12.3 Å². The number of rotatable bonds is 24. The first-order valence-corrected chi connectivity index (χ1v) is 13.8. The predicted molar refractivity (Wildman–Crippen MR) is 135 cm³/mol. The van der Waals surface area contributed by atoms with E-state index in [1.54, 1.807) is 0 Å². The predicted octanol–water partition coefficient (Wildman–Crippen LogP) is 10.1. The zero-order valence-electron chi connectivity index (χ0n) is 20.9. The van der Waals surface area contributed by atoms with E-state index < -0.39 is 0 Å². The van der Waals surface area contributed by atoms with Crippen LogP contribution in [0, 0.1) is 0 Å². The first-order chi connectivity index (χ1) is 14.3. The third-order valence-electron chi connectivity index (χ3n) is 6.14. The molecule has 0 saturated heterocycles. The Morgan fingerprint density at radius 3 is 1.17 bits per heavy atom. The number of hydrogen-bond donors (Lipinski definition) is 0. The van der Waals surface area contributed by atoms with Gasteiger partial charge in [-0.15, -0.1) is 0 Å². The summed E-state index contributed by atoms with van der Waals surface area (Å²) in [6, 6.07) is 0. The van der Waals surface area contributed by atoms with Crippen molar-refractivity contribution in [2.24, 2.45) is 0 Å².